The Morgan fingerprint density at radius 2 is 1.94 bits per heavy atom. The summed E-state index contributed by atoms with van der Waals surface area (Å²) in [5.74, 6) is -0.818. The molecule has 0 atom stereocenters. The van der Waals surface area contributed by atoms with Gasteiger partial charge in [0, 0.05) is 33.0 Å². The van der Waals surface area contributed by atoms with Crippen LogP contribution in [0.2, 0.25) is 0 Å². The molecule has 0 aliphatic heterocycles. The van der Waals surface area contributed by atoms with Crippen molar-refractivity contribution in [3.8, 4) is 0 Å². The number of hydrogen-bond acceptors (Lipinski definition) is 4. The van der Waals surface area contributed by atoms with Crippen LogP contribution in [0.15, 0.2) is 0 Å². The summed E-state index contributed by atoms with van der Waals surface area (Å²) >= 11 is 0. The number of aliphatic carboxylic acids is 1. The van der Waals surface area contributed by atoms with Crippen molar-refractivity contribution in [3.05, 3.63) is 0 Å². The average Bonchev–Trinajstić information content (AvgIpc) is 2.23. The molecule has 6 nitrogen and oxygen atoms in total. The quantitative estimate of drug-likeness (QED) is 0.446. The fourth-order valence-corrected chi connectivity index (χ4v) is 1.07. The van der Waals surface area contributed by atoms with Crippen molar-refractivity contribution in [3.63, 3.8) is 0 Å². The molecule has 0 aromatic rings. The Hall–Kier alpha value is -1.14. The maximum Gasteiger partial charge on any atom is 0.303 e. The van der Waals surface area contributed by atoms with Crippen LogP contribution in [-0.4, -0.2) is 50.3 Å². The summed E-state index contributed by atoms with van der Waals surface area (Å²) in [5.41, 5.74) is 0. The topological polar surface area (TPSA) is 87.7 Å². The van der Waals surface area contributed by atoms with Gasteiger partial charge in [-0.25, -0.2) is 0 Å². The Bertz CT molecular complexity index is 209. The third-order valence-electron chi connectivity index (χ3n) is 1.90. The van der Waals surface area contributed by atoms with E-state index in [1.807, 2.05) is 0 Å². The first-order valence-corrected chi connectivity index (χ1v) is 5.35. The molecule has 0 heterocycles. The maximum absolute atomic E-state index is 11.2. The Morgan fingerprint density at radius 3 is 2.56 bits per heavy atom. The van der Waals surface area contributed by atoms with Crippen molar-refractivity contribution in [2.24, 2.45) is 0 Å². The van der Waals surface area contributed by atoms with Crippen LogP contribution in [0.3, 0.4) is 0 Å². The van der Waals surface area contributed by atoms with Gasteiger partial charge in [0.2, 0.25) is 5.91 Å². The van der Waals surface area contributed by atoms with Gasteiger partial charge in [0.1, 0.15) is 0 Å². The second-order valence-electron chi connectivity index (χ2n) is 3.34. The molecule has 0 aliphatic carbocycles. The van der Waals surface area contributed by atoms with Gasteiger partial charge in [0.15, 0.2) is 0 Å². The average molecular weight is 232 g/mol. The number of carboxylic acid groups (broad SMARTS) is 1. The fraction of sp³-hybridized carbons (Fsp3) is 0.800. The molecule has 16 heavy (non-hydrogen) atoms. The lowest BCUT2D eigenvalue weighted by Crippen LogP contribution is -2.30. The van der Waals surface area contributed by atoms with Gasteiger partial charge >= 0.3 is 5.97 Å². The predicted molar refractivity (Wildman–Crippen MR) is 59.2 cm³/mol. The van der Waals surface area contributed by atoms with Crippen LogP contribution in [-0.2, 0) is 14.3 Å². The minimum absolute atomic E-state index is 0.0252. The molecule has 0 radical (unpaired) electrons. The third-order valence-corrected chi connectivity index (χ3v) is 1.90. The van der Waals surface area contributed by atoms with Crippen LogP contribution in [0, 0.1) is 0 Å². The number of carbonyl (C=O) groups excluding carboxylic acids is 1. The highest BCUT2D eigenvalue weighted by Crippen LogP contribution is 1.86. The van der Waals surface area contributed by atoms with Gasteiger partial charge in [0.25, 0.3) is 0 Å². The van der Waals surface area contributed by atoms with E-state index in [4.69, 9.17) is 9.84 Å². The van der Waals surface area contributed by atoms with Crippen LogP contribution in [0.25, 0.3) is 0 Å². The van der Waals surface area contributed by atoms with Crippen LogP contribution in [0.4, 0.5) is 0 Å². The van der Waals surface area contributed by atoms with Gasteiger partial charge in [-0.3, -0.25) is 9.59 Å². The van der Waals surface area contributed by atoms with E-state index in [-0.39, 0.29) is 12.3 Å². The normalized spacial score (nSPS) is 10.1. The van der Waals surface area contributed by atoms with E-state index >= 15 is 0 Å². The van der Waals surface area contributed by atoms with Crippen LogP contribution < -0.4 is 10.6 Å². The smallest absolute Gasteiger partial charge is 0.303 e. The standard InChI is InChI=1S/C10H20N2O4/c1-16-8-7-12-9(13)4-6-11-5-2-3-10(14)15/h11H,2-8H2,1H3,(H,12,13)(H,14,15). The van der Waals surface area contributed by atoms with Gasteiger partial charge in [-0.1, -0.05) is 0 Å². The zero-order valence-corrected chi connectivity index (χ0v) is 9.62. The van der Waals surface area contributed by atoms with Crippen molar-refractivity contribution in [2.45, 2.75) is 19.3 Å². The number of hydrogen-bond donors (Lipinski definition) is 3. The molecule has 94 valence electrons. The summed E-state index contributed by atoms with van der Waals surface area (Å²) in [6.45, 7) is 2.22. The lowest BCUT2D eigenvalue weighted by atomic mass is 10.3. The molecular weight excluding hydrogens is 212 g/mol. The molecule has 0 rings (SSSR count). The van der Waals surface area contributed by atoms with Crippen molar-refractivity contribution in [2.75, 3.05) is 33.4 Å². The summed E-state index contributed by atoms with van der Waals surface area (Å²) in [4.78, 5) is 21.3. The molecule has 0 fully saturated rings. The number of methoxy groups -OCH3 is 1. The highest BCUT2D eigenvalue weighted by molar-refractivity contribution is 5.76. The maximum atomic E-state index is 11.2. The molecule has 0 spiro atoms. The molecular formula is C10H20N2O4. The highest BCUT2D eigenvalue weighted by Gasteiger charge is 2.00. The van der Waals surface area contributed by atoms with E-state index in [1.54, 1.807) is 7.11 Å². The van der Waals surface area contributed by atoms with Gasteiger partial charge in [0.05, 0.1) is 6.61 Å². The SMILES string of the molecule is COCCNC(=O)CCNCCCC(=O)O. The second kappa shape index (κ2) is 10.4. The summed E-state index contributed by atoms with van der Waals surface area (Å²) in [6, 6.07) is 0. The molecule has 0 bridgehead atoms. The minimum atomic E-state index is -0.792. The van der Waals surface area contributed by atoms with E-state index in [2.05, 4.69) is 10.6 Å². The van der Waals surface area contributed by atoms with Crippen molar-refractivity contribution in [1.82, 2.24) is 10.6 Å². The molecule has 0 saturated carbocycles. The van der Waals surface area contributed by atoms with E-state index in [0.717, 1.165) is 0 Å². The molecule has 0 aliphatic rings. The number of carbonyl (C=O) groups is 2. The molecule has 0 unspecified atom stereocenters. The Morgan fingerprint density at radius 1 is 1.19 bits per heavy atom. The summed E-state index contributed by atoms with van der Waals surface area (Å²) < 4.78 is 4.79. The van der Waals surface area contributed by atoms with Crippen LogP contribution in [0.5, 0.6) is 0 Å². The number of carboxylic acids is 1. The van der Waals surface area contributed by atoms with Crippen LogP contribution in [0.1, 0.15) is 19.3 Å². The van der Waals surface area contributed by atoms with Crippen molar-refractivity contribution >= 4 is 11.9 Å². The number of rotatable bonds is 10. The highest BCUT2D eigenvalue weighted by atomic mass is 16.5. The molecule has 0 saturated heterocycles. The molecule has 0 aromatic carbocycles. The van der Waals surface area contributed by atoms with Crippen molar-refractivity contribution < 1.29 is 19.4 Å². The van der Waals surface area contributed by atoms with E-state index in [9.17, 15) is 9.59 Å². The predicted octanol–water partition coefficient (Wildman–Crippen LogP) is -0.406. The van der Waals surface area contributed by atoms with Gasteiger partial charge in [-0.05, 0) is 13.0 Å². The lowest BCUT2D eigenvalue weighted by Gasteiger charge is -2.05. The Balaban J connectivity index is 3.18. The number of ether oxygens (including phenoxy) is 1. The molecule has 6 heteroatoms. The largest absolute Gasteiger partial charge is 0.481 e. The number of amides is 1. The third kappa shape index (κ3) is 10.9. The Labute approximate surface area is 95.4 Å². The molecule has 3 N–H and O–H groups in total. The first kappa shape index (κ1) is 14.9. The fourth-order valence-electron chi connectivity index (χ4n) is 1.07. The first-order chi connectivity index (χ1) is 7.66. The summed E-state index contributed by atoms with van der Waals surface area (Å²) in [5, 5.41) is 14.1. The van der Waals surface area contributed by atoms with E-state index in [1.165, 1.54) is 0 Å². The first-order valence-electron chi connectivity index (χ1n) is 5.35. The van der Waals surface area contributed by atoms with E-state index < -0.39 is 5.97 Å². The van der Waals surface area contributed by atoms with Gasteiger partial charge < -0.3 is 20.5 Å². The number of nitrogens with one attached hydrogen (secondary N) is 2. The zero-order valence-electron chi connectivity index (χ0n) is 9.62. The Kier molecular flexibility index (Phi) is 9.64. The summed E-state index contributed by atoms with van der Waals surface area (Å²) in [7, 11) is 1.58. The van der Waals surface area contributed by atoms with Gasteiger partial charge in [-0.15, -0.1) is 0 Å². The minimum Gasteiger partial charge on any atom is -0.481 e. The van der Waals surface area contributed by atoms with E-state index in [0.29, 0.717) is 39.1 Å². The summed E-state index contributed by atoms with van der Waals surface area (Å²) in [6.07, 6.45) is 1.14. The van der Waals surface area contributed by atoms with Crippen molar-refractivity contribution in [1.29, 1.82) is 0 Å². The molecule has 1 amide bonds. The molecule has 0 aromatic heterocycles. The van der Waals surface area contributed by atoms with Gasteiger partial charge in [-0.2, -0.15) is 0 Å². The monoisotopic (exact) mass is 232 g/mol. The van der Waals surface area contributed by atoms with Crippen LogP contribution >= 0.6 is 0 Å². The second-order valence-corrected chi connectivity index (χ2v) is 3.34. The lowest BCUT2D eigenvalue weighted by molar-refractivity contribution is -0.137. The zero-order chi connectivity index (χ0) is 12.2.